The van der Waals surface area contributed by atoms with E-state index in [4.69, 9.17) is 18.9 Å². The predicted molar refractivity (Wildman–Crippen MR) is 112 cm³/mol. The third kappa shape index (κ3) is 10.1. The molecule has 0 aliphatic carbocycles. The van der Waals surface area contributed by atoms with Crippen molar-refractivity contribution >= 4 is 5.96 Å². The van der Waals surface area contributed by atoms with Crippen molar-refractivity contribution in [3.8, 4) is 0 Å². The lowest BCUT2D eigenvalue weighted by Gasteiger charge is -2.25. The van der Waals surface area contributed by atoms with Crippen LogP contribution in [-0.2, 0) is 15.9 Å². The summed E-state index contributed by atoms with van der Waals surface area (Å²) in [6, 6.07) is 3.92. The minimum atomic E-state index is 0.778. The Morgan fingerprint density at radius 2 is 2.07 bits per heavy atom. The normalized spacial score (nSPS) is 15.9. The number of likely N-dealkylation sites (N-methyl/N-ethyl adjacent to an activating group) is 1. The monoisotopic (exact) mass is 395 g/mol. The summed E-state index contributed by atoms with van der Waals surface area (Å²) in [5.74, 6) is 1.85. The van der Waals surface area contributed by atoms with Crippen molar-refractivity contribution in [1.82, 2.24) is 20.4 Å². The van der Waals surface area contributed by atoms with Gasteiger partial charge in [0.25, 0.3) is 0 Å². The number of rotatable bonds is 13. The van der Waals surface area contributed by atoms with E-state index in [1.807, 2.05) is 12.1 Å². The van der Waals surface area contributed by atoms with Crippen molar-refractivity contribution in [1.29, 1.82) is 0 Å². The average molecular weight is 396 g/mol. The lowest BCUT2D eigenvalue weighted by Crippen LogP contribution is -2.43. The number of aliphatic imine (C=N–C) groups is 1. The molecule has 1 aliphatic rings. The highest BCUT2D eigenvalue weighted by Crippen LogP contribution is 1.99. The van der Waals surface area contributed by atoms with Crippen molar-refractivity contribution in [3.05, 3.63) is 24.2 Å². The van der Waals surface area contributed by atoms with E-state index in [1.165, 1.54) is 0 Å². The van der Waals surface area contributed by atoms with Gasteiger partial charge in [0.15, 0.2) is 5.96 Å². The van der Waals surface area contributed by atoms with Crippen LogP contribution in [0, 0.1) is 0 Å². The zero-order valence-electron chi connectivity index (χ0n) is 17.5. The van der Waals surface area contributed by atoms with Crippen molar-refractivity contribution in [3.63, 3.8) is 0 Å². The Labute approximate surface area is 169 Å². The fourth-order valence-electron chi connectivity index (χ4n) is 3.02. The Kier molecular flexibility index (Phi) is 11.7. The number of methoxy groups -OCH3 is 1. The molecule has 0 radical (unpaired) electrons. The first kappa shape index (κ1) is 22.7. The molecule has 2 N–H and O–H groups in total. The van der Waals surface area contributed by atoms with Gasteiger partial charge in [-0.1, -0.05) is 0 Å². The molecule has 0 unspecified atom stereocenters. The maximum absolute atomic E-state index is 5.40. The van der Waals surface area contributed by atoms with Crippen LogP contribution in [0.25, 0.3) is 0 Å². The van der Waals surface area contributed by atoms with Gasteiger partial charge in [0.2, 0.25) is 0 Å². The SMILES string of the molecule is COCCCN(C)CCNC(=NCCN1CCOCC1)NCCc1ccco1. The summed E-state index contributed by atoms with van der Waals surface area (Å²) in [6.45, 7) is 9.83. The molecule has 2 heterocycles. The zero-order valence-corrected chi connectivity index (χ0v) is 17.5. The Morgan fingerprint density at radius 1 is 1.25 bits per heavy atom. The van der Waals surface area contributed by atoms with E-state index >= 15 is 0 Å². The maximum Gasteiger partial charge on any atom is 0.191 e. The molecule has 2 rings (SSSR count). The topological polar surface area (TPSA) is 74.5 Å². The van der Waals surface area contributed by atoms with Crippen LogP contribution in [0.4, 0.5) is 0 Å². The Hall–Kier alpha value is -1.61. The van der Waals surface area contributed by atoms with Crippen molar-refractivity contribution < 1.29 is 13.9 Å². The van der Waals surface area contributed by atoms with E-state index in [2.05, 4.69) is 27.5 Å². The molecular weight excluding hydrogens is 358 g/mol. The number of morpholine rings is 1. The van der Waals surface area contributed by atoms with E-state index < -0.39 is 0 Å². The molecule has 1 fully saturated rings. The Morgan fingerprint density at radius 3 is 2.82 bits per heavy atom. The molecule has 160 valence electrons. The summed E-state index contributed by atoms with van der Waals surface area (Å²) in [4.78, 5) is 9.46. The molecule has 0 amide bonds. The number of nitrogens with zero attached hydrogens (tertiary/aromatic N) is 3. The predicted octanol–water partition coefficient (Wildman–Crippen LogP) is 0.658. The van der Waals surface area contributed by atoms with Crippen molar-refractivity contribution in [2.24, 2.45) is 4.99 Å². The summed E-state index contributed by atoms with van der Waals surface area (Å²) in [6.07, 6.45) is 3.60. The lowest BCUT2D eigenvalue weighted by atomic mass is 10.3. The average Bonchev–Trinajstić information content (AvgIpc) is 3.22. The summed E-state index contributed by atoms with van der Waals surface area (Å²) in [7, 11) is 3.88. The maximum atomic E-state index is 5.40. The van der Waals surface area contributed by atoms with Gasteiger partial charge in [-0.2, -0.15) is 0 Å². The number of guanidine groups is 1. The van der Waals surface area contributed by atoms with Crippen LogP contribution in [0.2, 0.25) is 0 Å². The van der Waals surface area contributed by atoms with Gasteiger partial charge in [-0.15, -0.1) is 0 Å². The quantitative estimate of drug-likeness (QED) is 0.289. The number of hydrogen-bond acceptors (Lipinski definition) is 6. The third-order valence-electron chi connectivity index (χ3n) is 4.71. The first-order chi connectivity index (χ1) is 13.8. The van der Waals surface area contributed by atoms with E-state index in [-0.39, 0.29) is 0 Å². The van der Waals surface area contributed by atoms with Crippen molar-refractivity contribution in [2.75, 3.05) is 86.3 Å². The molecule has 0 bridgehead atoms. The van der Waals surface area contributed by atoms with Gasteiger partial charge in [0, 0.05) is 66.0 Å². The molecule has 8 nitrogen and oxygen atoms in total. The van der Waals surface area contributed by atoms with Crippen molar-refractivity contribution in [2.45, 2.75) is 12.8 Å². The van der Waals surface area contributed by atoms with Crippen LogP contribution in [-0.4, -0.2) is 102 Å². The fourth-order valence-corrected chi connectivity index (χ4v) is 3.02. The third-order valence-corrected chi connectivity index (χ3v) is 4.71. The van der Waals surface area contributed by atoms with Crippen LogP contribution in [0.5, 0.6) is 0 Å². The summed E-state index contributed by atoms with van der Waals surface area (Å²) < 4.78 is 15.9. The number of furan rings is 1. The minimum absolute atomic E-state index is 0.778. The molecule has 0 aromatic carbocycles. The number of ether oxygens (including phenoxy) is 2. The van der Waals surface area contributed by atoms with E-state index in [0.717, 1.165) is 96.7 Å². The van der Waals surface area contributed by atoms with Crippen LogP contribution in [0.3, 0.4) is 0 Å². The molecule has 0 atom stereocenters. The smallest absolute Gasteiger partial charge is 0.191 e. The Balaban J connectivity index is 1.71. The first-order valence-electron chi connectivity index (χ1n) is 10.3. The number of nitrogens with one attached hydrogen (secondary N) is 2. The molecule has 0 spiro atoms. The Bertz CT molecular complexity index is 518. The van der Waals surface area contributed by atoms with Gasteiger partial charge in [0.05, 0.1) is 26.0 Å². The first-order valence-corrected chi connectivity index (χ1v) is 10.3. The molecule has 1 aromatic rings. The largest absolute Gasteiger partial charge is 0.469 e. The minimum Gasteiger partial charge on any atom is -0.469 e. The molecule has 1 aromatic heterocycles. The van der Waals surface area contributed by atoms with E-state index in [0.29, 0.717) is 0 Å². The standard InChI is InChI=1S/C20H37N5O3/c1-24(10-4-15-26-2)11-8-22-20(21-7-6-19-5-3-16-28-19)23-9-12-25-13-17-27-18-14-25/h3,5,16H,4,6-15,17-18H2,1-2H3,(H2,21,22,23). The van der Waals surface area contributed by atoms with Crippen LogP contribution in [0.1, 0.15) is 12.2 Å². The number of hydrogen-bond donors (Lipinski definition) is 2. The summed E-state index contributed by atoms with van der Waals surface area (Å²) in [5.41, 5.74) is 0. The molecule has 0 saturated carbocycles. The molecule has 1 aliphatic heterocycles. The van der Waals surface area contributed by atoms with Gasteiger partial charge in [-0.05, 0) is 25.6 Å². The van der Waals surface area contributed by atoms with Crippen LogP contribution < -0.4 is 10.6 Å². The molecule has 1 saturated heterocycles. The molecule has 8 heteroatoms. The highest BCUT2D eigenvalue weighted by molar-refractivity contribution is 5.79. The van der Waals surface area contributed by atoms with Gasteiger partial charge in [0.1, 0.15) is 5.76 Å². The van der Waals surface area contributed by atoms with E-state index in [1.54, 1.807) is 13.4 Å². The zero-order chi connectivity index (χ0) is 19.9. The van der Waals surface area contributed by atoms with Gasteiger partial charge >= 0.3 is 0 Å². The second-order valence-electron chi connectivity index (χ2n) is 7.02. The van der Waals surface area contributed by atoms with Gasteiger partial charge in [-0.25, -0.2) is 0 Å². The highest BCUT2D eigenvalue weighted by atomic mass is 16.5. The fraction of sp³-hybridized carbons (Fsp3) is 0.750. The summed E-state index contributed by atoms with van der Waals surface area (Å²) >= 11 is 0. The van der Waals surface area contributed by atoms with Gasteiger partial charge < -0.3 is 29.4 Å². The highest BCUT2D eigenvalue weighted by Gasteiger charge is 2.09. The van der Waals surface area contributed by atoms with Crippen LogP contribution >= 0.6 is 0 Å². The summed E-state index contributed by atoms with van der Waals surface area (Å²) in [5, 5.41) is 6.87. The molecular formula is C20H37N5O3. The second kappa shape index (κ2) is 14.4. The lowest BCUT2D eigenvalue weighted by molar-refractivity contribution is 0.0394. The second-order valence-corrected chi connectivity index (χ2v) is 7.02. The van der Waals surface area contributed by atoms with Crippen LogP contribution in [0.15, 0.2) is 27.8 Å². The molecule has 28 heavy (non-hydrogen) atoms. The van der Waals surface area contributed by atoms with Gasteiger partial charge in [-0.3, -0.25) is 9.89 Å². The van der Waals surface area contributed by atoms with E-state index in [9.17, 15) is 0 Å².